The third kappa shape index (κ3) is 2.57. The molecule has 0 atom stereocenters. The lowest BCUT2D eigenvalue weighted by Gasteiger charge is -2.03. The van der Waals surface area contributed by atoms with Gasteiger partial charge in [-0.3, -0.25) is 4.98 Å². The van der Waals surface area contributed by atoms with E-state index in [2.05, 4.69) is 19.9 Å². The van der Waals surface area contributed by atoms with Crippen molar-refractivity contribution in [2.45, 2.75) is 13.5 Å². The Morgan fingerprint density at radius 1 is 1.47 bits per heavy atom. The van der Waals surface area contributed by atoms with Gasteiger partial charge < -0.3 is 9.84 Å². The highest BCUT2D eigenvalue weighted by atomic mass is 16.6. The maximum absolute atomic E-state index is 10.7. The van der Waals surface area contributed by atoms with Crippen LogP contribution in [0.1, 0.15) is 21.7 Å². The van der Waals surface area contributed by atoms with Gasteiger partial charge in [-0.1, -0.05) is 10.3 Å². The van der Waals surface area contributed by atoms with E-state index in [0.717, 1.165) is 0 Å². The van der Waals surface area contributed by atoms with Crippen LogP contribution in [0.2, 0.25) is 0 Å². The van der Waals surface area contributed by atoms with Crippen LogP contribution < -0.4 is 4.74 Å². The van der Waals surface area contributed by atoms with E-state index in [4.69, 9.17) is 9.84 Å². The summed E-state index contributed by atoms with van der Waals surface area (Å²) < 4.78 is 9.84. The molecular weight excluding hydrogens is 226 g/mol. The average Bonchev–Trinajstić information content (AvgIpc) is 2.72. The molecule has 0 saturated heterocycles. The number of pyridine rings is 1. The van der Waals surface area contributed by atoms with E-state index in [0.29, 0.717) is 17.1 Å². The highest BCUT2D eigenvalue weighted by Gasteiger charge is 2.08. The van der Waals surface area contributed by atoms with Crippen LogP contribution in [0.3, 0.4) is 0 Å². The first-order valence-corrected chi connectivity index (χ1v) is 4.76. The first-order chi connectivity index (χ1) is 8.16. The smallest absolute Gasteiger partial charge is 0.337 e. The summed E-state index contributed by atoms with van der Waals surface area (Å²) in [6, 6.07) is 1.39. The summed E-state index contributed by atoms with van der Waals surface area (Å²) in [7, 11) is 0. The number of carboxylic acids is 1. The molecule has 0 aromatic carbocycles. The number of carbonyl (C=O) groups is 1. The largest absolute Gasteiger partial charge is 0.485 e. The molecule has 0 aliphatic rings. The number of hydrogen-bond donors (Lipinski definition) is 1. The number of hydrogen-bond acceptors (Lipinski definition) is 6. The Balaban J connectivity index is 2.07. The normalized spacial score (nSPS) is 10.2. The summed E-state index contributed by atoms with van der Waals surface area (Å²) in [4.78, 5) is 14.5. The molecule has 2 heterocycles. The summed E-state index contributed by atoms with van der Waals surface area (Å²) in [6.45, 7) is 1.89. The van der Waals surface area contributed by atoms with Gasteiger partial charge in [-0.25, -0.2) is 9.42 Å². The fraction of sp³-hybridized carbons (Fsp3) is 0.200. The van der Waals surface area contributed by atoms with Crippen LogP contribution in [0, 0.1) is 6.92 Å². The minimum Gasteiger partial charge on any atom is -0.485 e. The molecule has 0 fully saturated rings. The molecule has 17 heavy (non-hydrogen) atoms. The summed E-state index contributed by atoms with van der Waals surface area (Å²) >= 11 is 0. The Hall–Kier alpha value is -2.44. The zero-order valence-electron chi connectivity index (χ0n) is 8.95. The number of ether oxygens (including phenoxy) is 1. The van der Waals surface area contributed by atoms with Crippen molar-refractivity contribution >= 4 is 5.97 Å². The quantitative estimate of drug-likeness (QED) is 0.845. The molecule has 7 heteroatoms. The molecule has 0 aliphatic carbocycles. The highest BCUT2D eigenvalue weighted by Crippen LogP contribution is 2.13. The first-order valence-electron chi connectivity index (χ1n) is 4.76. The summed E-state index contributed by atoms with van der Waals surface area (Å²) in [5.41, 5.74) is 1.26. The van der Waals surface area contributed by atoms with E-state index in [-0.39, 0.29) is 12.2 Å². The summed E-state index contributed by atoms with van der Waals surface area (Å²) in [6.07, 6.45) is 2.67. The van der Waals surface area contributed by atoms with E-state index in [9.17, 15) is 4.79 Å². The Bertz CT molecular complexity index is 538. The number of rotatable bonds is 4. The van der Waals surface area contributed by atoms with Crippen LogP contribution >= 0.6 is 0 Å². The average molecular weight is 235 g/mol. The molecule has 2 aromatic heterocycles. The van der Waals surface area contributed by atoms with Gasteiger partial charge in [0.05, 0.1) is 11.8 Å². The van der Waals surface area contributed by atoms with Gasteiger partial charge in [0.15, 0.2) is 0 Å². The third-order valence-corrected chi connectivity index (χ3v) is 2.08. The highest BCUT2D eigenvalue weighted by molar-refractivity contribution is 5.87. The summed E-state index contributed by atoms with van der Waals surface area (Å²) in [5.74, 6) is -0.700. The SMILES string of the molecule is Cc1nonc1COc1cncc(C(=O)O)c1. The van der Waals surface area contributed by atoms with E-state index < -0.39 is 5.97 Å². The minimum absolute atomic E-state index is 0.0671. The van der Waals surface area contributed by atoms with Crippen molar-refractivity contribution in [2.24, 2.45) is 0 Å². The topological polar surface area (TPSA) is 98.3 Å². The second kappa shape index (κ2) is 4.60. The standard InChI is InChI=1S/C10H9N3O4/c1-6-9(13-17-12-6)5-16-8-2-7(10(14)15)3-11-4-8/h2-4H,5H2,1H3,(H,14,15). The Labute approximate surface area is 96.0 Å². The van der Waals surface area contributed by atoms with Crippen molar-refractivity contribution in [2.75, 3.05) is 0 Å². The molecule has 0 aliphatic heterocycles. The lowest BCUT2D eigenvalue weighted by Crippen LogP contribution is -2.01. The molecule has 0 amide bonds. The predicted molar refractivity (Wildman–Crippen MR) is 54.6 cm³/mol. The van der Waals surface area contributed by atoms with Gasteiger partial charge in [0.25, 0.3) is 0 Å². The minimum atomic E-state index is -1.05. The monoisotopic (exact) mass is 235 g/mol. The van der Waals surface area contributed by atoms with Gasteiger partial charge in [0.1, 0.15) is 23.7 Å². The van der Waals surface area contributed by atoms with Gasteiger partial charge in [-0.15, -0.1) is 0 Å². The van der Waals surface area contributed by atoms with Gasteiger partial charge in [-0.05, 0) is 13.0 Å². The van der Waals surface area contributed by atoms with E-state index in [1.807, 2.05) is 0 Å². The van der Waals surface area contributed by atoms with Crippen molar-refractivity contribution in [3.63, 3.8) is 0 Å². The number of carboxylic acid groups (broad SMARTS) is 1. The van der Waals surface area contributed by atoms with Crippen LogP contribution in [-0.4, -0.2) is 26.4 Å². The van der Waals surface area contributed by atoms with Crippen LogP contribution in [0.25, 0.3) is 0 Å². The number of aryl methyl sites for hydroxylation is 1. The van der Waals surface area contributed by atoms with Crippen LogP contribution in [0.4, 0.5) is 0 Å². The van der Waals surface area contributed by atoms with Crippen molar-refractivity contribution < 1.29 is 19.3 Å². The van der Waals surface area contributed by atoms with E-state index >= 15 is 0 Å². The van der Waals surface area contributed by atoms with Gasteiger partial charge >= 0.3 is 5.97 Å². The van der Waals surface area contributed by atoms with Crippen LogP contribution in [0.15, 0.2) is 23.1 Å². The molecule has 2 aromatic rings. The molecule has 7 nitrogen and oxygen atoms in total. The second-order valence-electron chi connectivity index (χ2n) is 3.30. The molecule has 2 rings (SSSR count). The van der Waals surface area contributed by atoms with Crippen molar-refractivity contribution in [1.82, 2.24) is 15.3 Å². The Morgan fingerprint density at radius 3 is 2.94 bits per heavy atom. The summed E-state index contributed by atoms with van der Waals surface area (Å²) in [5, 5.41) is 16.0. The molecule has 1 N–H and O–H groups in total. The van der Waals surface area contributed by atoms with Gasteiger partial charge in [-0.2, -0.15) is 0 Å². The second-order valence-corrected chi connectivity index (χ2v) is 3.30. The zero-order chi connectivity index (χ0) is 12.3. The Morgan fingerprint density at radius 2 is 2.29 bits per heavy atom. The maximum atomic E-state index is 10.7. The first kappa shape index (κ1) is 11.1. The molecular formula is C10H9N3O4. The molecule has 0 radical (unpaired) electrons. The number of aromatic nitrogens is 3. The predicted octanol–water partition coefficient (Wildman–Crippen LogP) is 1.05. The molecule has 0 spiro atoms. The number of aromatic carboxylic acids is 1. The van der Waals surface area contributed by atoms with Gasteiger partial charge in [0, 0.05) is 6.20 Å². The van der Waals surface area contributed by atoms with E-state index in [1.165, 1.54) is 18.5 Å². The lowest BCUT2D eigenvalue weighted by molar-refractivity contribution is 0.0696. The lowest BCUT2D eigenvalue weighted by atomic mass is 10.3. The van der Waals surface area contributed by atoms with Crippen LogP contribution in [-0.2, 0) is 6.61 Å². The zero-order valence-corrected chi connectivity index (χ0v) is 8.95. The van der Waals surface area contributed by atoms with Crippen molar-refractivity contribution in [1.29, 1.82) is 0 Å². The fourth-order valence-corrected chi connectivity index (χ4v) is 1.15. The van der Waals surface area contributed by atoms with E-state index in [1.54, 1.807) is 6.92 Å². The maximum Gasteiger partial charge on any atom is 0.337 e. The fourth-order valence-electron chi connectivity index (χ4n) is 1.15. The molecule has 0 bridgehead atoms. The van der Waals surface area contributed by atoms with Gasteiger partial charge in [0.2, 0.25) is 0 Å². The number of nitrogens with zero attached hydrogens (tertiary/aromatic N) is 3. The third-order valence-electron chi connectivity index (χ3n) is 2.08. The molecule has 88 valence electrons. The Kier molecular flexibility index (Phi) is 2.99. The molecule has 0 saturated carbocycles. The van der Waals surface area contributed by atoms with Crippen molar-refractivity contribution in [3.05, 3.63) is 35.4 Å². The molecule has 0 unspecified atom stereocenters. The van der Waals surface area contributed by atoms with Crippen molar-refractivity contribution in [3.8, 4) is 5.75 Å². The van der Waals surface area contributed by atoms with Crippen LogP contribution in [0.5, 0.6) is 5.75 Å².